The molecule has 4 heteroatoms. The highest BCUT2D eigenvalue weighted by Crippen LogP contribution is 2.26. The molecule has 0 radical (unpaired) electrons. The Morgan fingerprint density at radius 3 is 2.33 bits per heavy atom. The minimum absolute atomic E-state index is 0.176. The second-order valence-corrected chi connectivity index (χ2v) is 6.35. The third-order valence-electron chi connectivity index (χ3n) is 4.38. The number of nitrogens with zero attached hydrogens (tertiary/aromatic N) is 1. The molecule has 4 aromatic rings. The summed E-state index contributed by atoms with van der Waals surface area (Å²) >= 11 is 0. The summed E-state index contributed by atoms with van der Waals surface area (Å²) in [4.78, 5) is 4.78. The summed E-state index contributed by atoms with van der Waals surface area (Å²) in [6, 6.07) is 22.6. The van der Waals surface area contributed by atoms with Crippen LogP contribution in [0.4, 0.5) is 5.69 Å². The van der Waals surface area contributed by atoms with Gasteiger partial charge in [0, 0.05) is 17.0 Å². The number of rotatable bonds is 3. The zero-order valence-corrected chi connectivity index (χ0v) is 15.1. The van der Waals surface area contributed by atoms with Crippen LogP contribution in [0.25, 0.3) is 22.3 Å². The van der Waals surface area contributed by atoms with Crippen molar-refractivity contribution in [3.63, 3.8) is 0 Å². The van der Waals surface area contributed by atoms with E-state index in [1.54, 1.807) is 25.3 Å². The number of benzene rings is 3. The summed E-state index contributed by atoms with van der Waals surface area (Å²) in [6.45, 7) is 2.04. The first-order chi connectivity index (χ1) is 13.1. The molecule has 0 unspecified atom stereocenters. The summed E-state index contributed by atoms with van der Waals surface area (Å²) in [6.07, 6.45) is 0. The smallest absolute Gasteiger partial charge is 0.137 e. The lowest BCUT2D eigenvalue weighted by molar-refractivity contribution is 0.415. The predicted octanol–water partition coefficient (Wildman–Crippen LogP) is 5.35. The van der Waals surface area contributed by atoms with Crippen LogP contribution in [0, 0.1) is 6.92 Å². The molecule has 0 atom stereocenters. The number of hydrogen-bond acceptors (Lipinski definition) is 4. The number of aryl methyl sites for hydroxylation is 1. The minimum atomic E-state index is 0.176. The molecule has 0 amide bonds. The Bertz CT molecular complexity index is 1160. The van der Waals surface area contributed by atoms with Gasteiger partial charge in [0.05, 0.1) is 18.2 Å². The average molecular weight is 357 g/mol. The van der Waals surface area contributed by atoms with E-state index in [-0.39, 0.29) is 5.75 Å². The molecule has 0 spiro atoms. The number of hydrogen-bond donors (Lipinski definition) is 1. The summed E-state index contributed by atoms with van der Waals surface area (Å²) < 4.78 is 11.3. The van der Waals surface area contributed by atoms with Crippen LogP contribution in [-0.4, -0.2) is 12.2 Å². The van der Waals surface area contributed by atoms with E-state index in [1.165, 1.54) is 5.56 Å². The monoisotopic (exact) mass is 357 g/mol. The summed E-state index contributed by atoms with van der Waals surface area (Å²) in [5.41, 5.74) is 3.61. The van der Waals surface area contributed by atoms with Crippen molar-refractivity contribution in [3.8, 4) is 22.8 Å². The number of ether oxygens (including phenoxy) is 1. The Hall–Kier alpha value is -3.53. The topological polar surface area (TPSA) is 55.0 Å². The van der Waals surface area contributed by atoms with Gasteiger partial charge in [-0.25, -0.2) is 4.99 Å². The molecule has 0 bridgehead atoms. The molecule has 0 saturated heterocycles. The molecule has 1 heterocycles. The molecular weight excluding hydrogens is 338 g/mol. The predicted molar refractivity (Wildman–Crippen MR) is 106 cm³/mol. The van der Waals surface area contributed by atoms with Gasteiger partial charge in [-0.05, 0) is 61.5 Å². The maximum absolute atomic E-state index is 9.90. The van der Waals surface area contributed by atoms with E-state index in [0.717, 1.165) is 27.7 Å². The molecule has 1 aromatic heterocycles. The lowest BCUT2D eigenvalue weighted by Gasteiger charge is -2.07. The van der Waals surface area contributed by atoms with Crippen LogP contribution in [0.2, 0.25) is 0 Å². The summed E-state index contributed by atoms with van der Waals surface area (Å²) in [5, 5.41) is 11.4. The fourth-order valence-electron chi connectivity index (χ4n) is 2.91. The van der Waals surface area contributed by atoms with Gasteiger partial charge in [0.1, 0.15) is 22.8 Å². The highest BCUT2D eigenvalue weighted by molar-refractivity contribution is 5.80. The Morgan fingerprint density at radius 1 is 0.889 bits per heavy atom. The van der Waals surface area contributed by atoms with Gasteiger partial charge in [0.15, 0.2) is 0 Å². The van der Waals surface area contributed by atoms with Crippen molar-refractivity contribution in [2.75, 3.05) is 7.11 Å². The molecule has 134 valence electrons. The minimum Gasteiger partial charge on any atom is -0.508 e. The van der Waals surface area contributed by atoms with Crippen LogP contribution in [-0.2, 0) is 0 Å². The normalized spacial score (nSPS) is 11.7. The molecule has 27 heavy (non-hydrogen) atoms. The number of fused-ring (bicyclic) bond motifs is 1. The summed E-state index contributed by atoms with van der Waals surface area (Å²) in [5.74, 6) is 1.66. The van der Waals surface area contributed by atoms with E-state index < -0.39 is 0 Å². The maximum Gasteiger partial charge on any atom is 0.137 e. The van der Waals surface area contributed by atoms with Crippen LogP contribution >= 0.6 is 0 Å². The number of methoxy groups -OCH3 is 1. The number of aromatic hydroxyl groups is 1. The van der Waals surface area contributed by atoms with Gasteiger partial charge in [-0.15, -0.1) is 0 Å². The fraction of sp³-hybridized carbons (Fsp3) is 0.0870. The van der Waals surface area contributed by atoms with E-state index >= 15 is 0 Å². The molecule has 0 aliphatic carbocycles. The maximum atomic E-state index is 9.90. The van der Waals surface area contributed by atoms with Gasteiger partial charge < -0.3 is 14.3 Å². The van der Waals surface area contributed by atoms with Crippen LogP contribution in [0.1, 0.15) is 5.56 Å². The van der Waals surface area contributed by atoms with Gasteiger partial charge in [-0.3, -0.25) is 0 Å². The molecular formula is C23H19NO3. The van der Waals surface area contributed by atoms with Gasteiger partial charge in [0.2, 0.25) is 0 Å². The standard InChI is InChI=1S/C23H19NO3/c1-15-3-7-17(8-4-15)24-21-14-23(16-5-10-19(26-2)11-6-16)27-22-12-9-18(25)13-20(21)22/h3-14,25H,1-2H3. The Labute approximate surface area is 157 Å². The highest BCUT2D eigenvalue weighted by Gasteiger charge is 2.07. The van der Waals surface area contributed by atoms with Crippen LogP contribution in [0.15, 0.2) is 82.2 Å². The van der Waals surface area contributed by atoms with Crippen molar-refractivity contribution in [2.24, 2.45) is 4.99 Å². The van der Waals surface area contributed by atoms with E-state index in [0.29, 0.717) is 11.3 Å². The molecule has 0 fully saturated rings. The second kappa shape index (κ2) is 7.00. The molecule has 1 N–H and O–H groups in total. The van der Waals surface area contributed by atoms with Crippen molar-refractivity contribution in [1.82, 2.24) is 0 Å². The number of phenols is 1. The Morgan fingerprint density at radius 2 is 1.63 bits per heavy atom. The van der Waals surface area contributed by atoms with Crippen molar-refractivity contribution < 1.29 is 14.3 Å². The lowest BCUT2D eigenvalue weighted by atomic mass is 10.1. The third kappa shape index (κ3) is 3.55. The Balaban J connectivity index is 1.94. The van der Waals surface area contributed by atoms with Crippen molar-refractivity contribution in [1.29, 1.82) is 0 Å². The van der Waals surface area contributed by atoms with Crippen molar-refractivity contribution in [3.05, 3.63) is 83.7 Å². The highest BCUT2D eigenvalue weighted by atomic mass is 16.5. The lowest BCUT2D eigenvalue weighted by Crippen LogP contribution is -2.03. The van der Waals surface area contributed by atoms with Crippen molar-refractivity contribution >= 4 is 16.7 Å². The molecule has 3 aromatic carbocycles. The van der Waals surface area contributed by atoms with E-state index in [4.69, 9.17) is 14.1 Å². The quantitative estimate of drug-likeness (QED) is 0.537. The molecule has 4 rings (SSSR count). The molecule has 0 aliphatic heterocycles. The SMILES string of the molecule is COc1ccc(-c2cc(=Nc3ccc(C)cc3)c3cc(O)ccc3o2)cc1. The molecule has 4 nitrogen and oxygen atoms in total. The fourth-order valence-corrected chi connectivity index (χ4v) is 2.91. The van der Waals surface area contributed by atoms with Gasteiger partial charge in [-0.1, -0.05) is 17.7 Å². The van der Waals surface area contributed by atoms with Crippen LogP contribution in [0.3, 0.4) is 0 Å². The van der Waals surface area contributed by atoms with E-state index in [1.807, 2.05) is 61.5 Å². The van der Waals surface area contributed by atoms with Gasteiger partial charge >= 0.3 is 0 Å². The van der Waals surface area contributed by atoms with Crippen LogP contribution < -0.4 is 10.1 Å². The van der Waals surface area contributed by atoms with Gasteiger partial charge in [-0.2, -0.15) is 0 Å². The molecule has 0 saturated carbocycles. The van der Waals surface area contributed by atoms with Crippen LogP contribution in [0.5, 0.6) is 11.5 Å². The first-order valence-electron chi connectivity index (χ1n) is 8.65. The van der Waals surface area contributed by atoms with E-state index in [2.05, 4.69) is 0 Å². The third-order valence-corrected chi connectivity index (χ3v) is 4.38. The largest absolute Gasteiger partial charge is 0.508 e. The zero-order valence-electron chi connectivity index (χ0n) is 15.1. The second-order valence-electron chi connectivity index (χ2n) is 6.35. The first kappa shape index (κ1) is 16.9. The zero-order chi connectivity index (χ0) is 18.8. The number of phenolic OH excluding ortho intramolecular Hbond substituents is 1. The average Bonchev–Trinajstić information content (AvgIpc) is 2.70. The Kier molecular flexibility index (Phi) is 4.38. The van der Waals surface area contributed by atoms with E-state index in [9.17, 15) is 5.11 Å². The van der Waals surface area contributed by atoms with Crippen molar-refractivity contribution in [2.45, 2.75) is 6.92 Å². The molecule has 0 aliphatic rings. The summed E-state index contributed by atoms with van der Waals surface area (Å²) in [7, 11) is 1.64. The van der Waals surface area contributed by atoms with Gasteiger partial charge in [0.25, 0.3) is 0 Å². The first-order valence-corrected chi connectivity index (χ1v) is 8.65.